The van der Waals surface area contributed by atoms with Gasteiger partial charge in [0, 0.05) is 32.9 Å². The summed E-state index contributed by atoms with van der Waals surface area (Å²) in [6.07, 6.45) is 5.94. The van der Waals surface area contributed by atoms with E-state index in [1.807, 2.05) is 25.2 Å². The summed E-state index contributed by atoms with van der Waals surface area (Å²) in [5.74, 6) is 0.688. The third-order valence-electron chi connectivity index (χ3n) is 5.65. The number of likely N-dealkylation sites (tertiary alicyclic amines) is 1. The van der Waals surface area contributed by atoms with Gasteiger partial charge in [0.05, 0.1) is 35.8 Å². The molecule has 4 rings (SSSR count). The van der Waals surface area contributed by atoms with Gasteiger partial charge < -0.3 is 14.2 Å². The quantitative estimate of drug-likeness (QED) is 0.798. The van der Waals surface area contributed by atoms with Gasteiger partial charge in [0.25, 0.3) is 5.91 Å². The molecule has 1 unspecified atom stereocenters. The van der Waals surface area contributed by atoms with E-state index < -0.39 is 0 Å². The van der Waals surface area contributed by atoms with Crippen LogP contribution in [0.2, 0.25) is 0 Å². The Labute approximate surface area is 151 Å². The third-order valence-corrected chi connectivity index (χ3v) is 5.65. The number of anilines is 1. The van der Waals surface area contributed by atoms with E-state index in [1.165, 1.54) is 0 Å². The SMILES string of the molecule is Cc1occc1C(=O)N1CCC2(C1)CN(c1cnn(C)c1)C(=O)CN2C. The van der Waals surface area contributed by atoms with Gasteiger partial charge in [-0.1, -0.05) is 0 Å². The van der Waals surface area contributed by atoms with Gasteiger partial charge in [-0.25, -0.2) is 0 Å². The topological polar surface area (TPSA) is 74.8 Å². The third kappa shape index (κ3) is 2.61. The molecule has 138 valence electrons. The lowest BCUT2D eigenvalue weighted by Crippen LogP contribution is -2.64. The summed E-state index contributed by atoms with van der Waals surface area (Å²) in [7, 11) is 3.80. The standard InChI is InChI=1S/C18H23N5O3/c1-13-15(4-7-26-13)17(25)22-6-5-18(11-22)12-23(16(24)10-20(18)2)14-8-19-21(3)9-14/h4,7-9H,5-6,10-12H2,1-3H3. The minimum atomic E-state index is -0.239. The highest BCUT2D eigenvalue weighted by atomic mass is 16.3. The molecular formula is C18H23N5O3. The Balaban J connectivity index is 1.57. The second kappa shape index (κ2) is 5.98. The van der Waals surface area contributed by atoms with Crippen LogP contribution in [0.3, 0.4) is 0 Å². The van der Waals surface area contributed by atoms with E-state index >= 15 is 0 Å². The van der Waals surface area contributed by atoms with Crippen molar-refractivity contribution in [3.63, 3.8) is 0 Å². The Kier molecular flexibility index (Phi) is 3.87. The van der Waals surface area contributed by atoms with Crippen molar-refractivity contribution in [3.8, 4) is 0 Å². The predicted molar refractivity (Wildman–Crippen MR) is 94.9 cm³/mol. The first-order valence-electron chi connectivity index (χ1n) is 8.73. The molecule has 0 aromatic carbocycles. The van der Waals surface area contributed by atoms with Crippen molar-refractivity contribution in [1.82, 2.24) is 19.6 Å². The van der Waals surface area contributed by atoms with Gasteiger partial charge in [-0.05, 0) is 26.5 Å². The first-order valence-corrected chi connectivity index (χ1v) is 8.73. The molecule has 1 spiro atoms. The number of rotatable bonds is 2. The number of furan rings is 1. The molecule has 0 bridgehead atoms. The minimum absolute atomic E-state index is 0.00801. The van der Waals surface area contributed by atoms with E-state index in [0.29, 0.717) is 37.5 Å². The molecular weight excluding hydrogens is 334 g/mol. The van der Waals surface area contributed by atoms with Crippen LogP contribution in [-0.4, -0.2) is 70.2 Å². The number of amides is 2. The van der Waals surface area contributed by atoms with Gasteiger partial charge in [-0.2, -0.15) is 5.10 Å². The summed E-state index contributed by atoms with van der Waals surface area (Å²) in [5.41, 5.74) is 1.18. The smallest absolute Gasteiger partial charge is 0.257 e. The maximum Gasteiger partial charge on any atom is 0.257 e. The van der Waals surface area contributed by atoms with Crippen LogP contribution in [0.1, 0.15) is 22.5 Å². The van der Waals surface area contributed by atoms with Crippen LogP contribution in [0.25, 0.3) is 0 Å². The van der Waals surface area contributed by atoms with Gasteiger partial charge in [0.1, 0.15) is 5.76 Å². The highest BCUT2D eigenvalue weighted by molar-refractivity contribution is 5.97. The Hall–Kier alpha value is -2.61. The number of carbonyl (C=O) groups is 2. The molecule has 2 aromatic rings. The zero-order valence-electron chi connectivity index (χ0n) is 15.3. The van der Waals surface area contributed by atoms with Crippen molar-refractivity contribution in [3.05, 3.63) is 36.0 Å². The molecule has 2 amide bonds. The van der Waals surface area contributed by atoms with Crippen LogP contribution < -0.4 is 4.90 Å². The van der Waals surface area contributed by atoms with Crippen molar-refractivity contribution in [2.75, 3.05) is 38.1 Å². The number of likely N-dealkylation sites (N-methyl/N-ethyl adjacent to an activating group) is 1. The highest BCUT2D eigenvalue weighted by Crippen LogP contribution is 2.34. The molecule has 0 aliphatic carbocycles. The summed E-state index contributed by atoms with van der Waals surface area (Å²) < 4.78 is 6.97. The molecule has 4 heterocycles. The van der Waals surface area contributed by atoms with E-state index in [1.54, 1.807) is 35.0 Å². The molecule has 8 heteroatoms. The number of aromatic nitrogens is 2. The fourth-order valence-electron chi connectivity index (χ4n) is 3.99. The van der Waals surface area contributed by atoms with Crippen molar-refractivity contribution in [2.24, 2.45) is 7.05 Å². The molecule has 0 N–H and O–H groups in total. The van der Waals surface area contributed by atoms with E-state index in [0.717, 1.165) is 12.1 Å². The zero-order valence-corrected chi connectivity index (χ0v) is 15.3. The van der Waals surface area contributed by atoms with Gasteiger partial charge in [-0.15, -0.1) is 0 Å². The average Bonchev–Trinajstić information content (AvgIpc) is 3.31. The number of carbonyl (C=O) groups excluding carboxylic acids is 2. The summed E-state index contributed by atoms with van der Waals surface area (Å²) >= 11 is 0. The Bertz CT molecular complexity index is 857. The molecule has 2 aromatic heterocycles. The van der Waals surface area contributed by atoms with Crippen LogP contribution in [0.4, 0.5) is 5.69 Å². The molecule has 2 fully saturated rings. The fraction of sp³-hybridized carbons (Fsp3) is 0.500. The molecule has 2 saturated heterocycles. The Morgan fingerprint density at radius 1 is 1.31 bits per heavy atom. The van der Waals surface area contributed by atoms with Crippen molar-refractivity contribution in [1.29, 1.82) is 0 Å². The second-order valence-corrected chi connectivity index (χ2v) is 7.30. The maximum absolute atomic E-state index is 12.8. The van der Waals surface area contributed by atoms with Gasteiger partial charge in [-0.3, -0.25) is 19.2 Å². The van der Waals surface area contributed by atoms with E-state index in [4.69, 9.17) is 4.42 Å². The van der Waals surface area contributed by atoms with E-state index in [2.05, 4.69) is 10.00 Å². The molecule has 0 saturated carbocycles. The number of hydrogen-bond acceptors (Lipinski definition) is 5. The monoisotopic (exact) mass is 357 g/mol. The number of nitrogens with zero attached hydrogens (tertiary/aromatic N) is 5. The summed E-state index contributed by atoms with van der Waals surface area (Å²) in [6.45, 7) is 3.96. The predicted octanol–water partition coefficient (Wildman–Crippen LogP) is 0.885. The van der Waals surface area contributed by atoms with E-state index in [-0.39, 0.29) is 17.4 Å². The number of piperazine rings is 1. The van der Waals surface area contributed by atoms with Crippen molar-refractivity contribution < 1.29 is 14.0 Å². The van der Waals surface area contributed by atoms with Gasteiger partial charge in [0.2, 0.25) is 5.91 Å². The Morgan fingerprint density at radius 3 is 2.77 bits per heavy atom. The van der Waals surface area contributed by atoms with Gasteiger partial charge in [0.15, 0.2) is 0 Å². The Morgan fingerprint density at radius 2 is 2.12 bits per heavy atom. The van der Waals surface area contributed by atoms with Crippen LogP contribution in [0.5, 0.6) is 0 Å². The van der Waals surface area contributed by atoms with Gasteiger partial charge >= 0.3 is 0 Å². The average molecular weight is 357 g/mol. The fourth-order valence-corrected chi connectivity index (χ4v) is 3.99. The molecule has 26 heavy (non-hydrogen) atoms. The maximum atomic E-state index is 12.8. The van der Waals surface area contributed by atoms with E-state index in [9.17, 15) is 9.59 Å². The zero-order chi connectivity index (χ0) is 18.5. The first-order chi connectivity index (χ1) is 12.4. The van der Waals surface area contributed by atoms with Crippen LogP contribution >= 0.6 is 0 Å². The minimum Gasteiger partial charge on any atom is -0.469 e. The number of aryl methyl sites for hydroxylation is 2. The molecule has 8 nitrogen and oxygen atoms in total. The summed E-state index contributed by atoms with van der Waals surface area (Å²) in [6, 6.07) is 1.72. The van der Waals surface area contributed by atoms with Crippen molar-refractivity contribution in [2.45, 2.75) is 18.9 Å². The largest absolute Gasteiger partial charge is 0.469 e. The lowest BCUT2D eigenvalue weighted by molar-refractivity contribution is -0.123. The summed E-state index contributed by atoms with van der Waals surface area (Å²) in [4.78, 5) is 31.1. The lowest BCUT2D eigenvalue weighted by Gasteiger charge is -2.46. The first kappa shape index (κ1) is 16.8. The molecule has 2 aliphatic heterocycles. The molecule has 1 atom stereocenters. The van der Waals surface area contributed by atoms with Crippen molar-refractivity contribution >= 4 is 17.5 Å². The second-order valence-electron chi connectivity index (χ2n) is 7.30. The highest BCUT2D eigenvalue weighted by Gasteiger charge is 2.49. The van der Waals surface area contributed by atoms with Crippen LogP contribution in [0.15, 0.2) is 29.1 Å². The van der Waals surface area contributed by atoms with Crippen LogP contribution in [-0.2, 0) is 11.8 Å². The lowest BCUT2D eigenvalue weighted by atomic mass is 9.93. The normalized spacial score (nSPS) is 24.0. The van der Waals surface area contributed by atoms with Crippen LogP contribution in [0, 0.1) is 6.92 Å². The summed E-state index contributed by atoms with van der Waals surface area (Å²) in [5, 5.41) is 4.18. The number of hydrogen-bond donors (Lipinski definition) is 0. The molecule has 0 radical (unpaired) electrons. The molecule has 2 aliphatic rings.